The highest BCUT2D eigenvalue weighted by Gasteiger charge is 2.25. The highest BCUT2D eigenvalue weighted by Crippen LogP contribution is 2.12. The van der Waals surface area contributed by atoms with Crippen LogP contribution in [0.4, 0.5) is 4.79 Å². The fourth-order valence-corrected chi connectivity index (χ4v) is 1.97. The molecule has 1 heterocycles. The molecule has 0 bridgehead atoms. The number of nitrogens with zero attached hydrogens (tertiary/aromatic N) is 1. The van der Waals surface area contributed by atoms with Crippen molar-refractivity contribution in [3.63, 3.8) is 0 Å². The number of carbonyl (C=O) groups is 1. The maximum atomic E-state index is 12.0. The van der Waals surface area contributed by atoms with Crippen molar-refractivity contribution in [3.05, 3.63) is 48.0 Å². The molecule has 1 amide bonds. The van der Waals surface area contributed by atoms with E-state index in [-0.39, 0.29) is 12.1 Å². The van der Waals surface area contributed by atoms with Crippen molar-refractivity contribution < 1.29 is 9.53 Å². The minimum atomic E-state index is -0.281. The largest absolute Gasteiger partial charge is 0.445 e. The SMILES string of the molecule is CNNC[C@@H]1C=CCN1C(=O)OCc1ccccc1. The maximum absolute atomic E-state index is 12.0. The molecule has 0 spiro atoms. The predicted molar refractivity (Wildman–Crippen MR) is 73.3 cm³/mol. The van der Waals surface area contributed by atoms with Gasteiger partial charge in [0, 0.05) is 13.1 Å². The number of rotatable bonds is 5. The van der Waals surface area contributed by atoms with Crippen molar-refractivity contribution >= 4 is 6.09 Å². The van der Waals surface area contributed by atoms with Crippen LogP contribution in [0.15, 0.2) is 42.5 Å². The minimum Gasteiger partial charge on any atom is -0.445 e. The molecule has 2 rings (SSSR count). The van der Waals surface area contributed by atoms with Crippen molar-refractivity contribution in [3.8, 4) is 0 Å². The van der Waals surface area contributed by atoms with Crippen LogP contribution < -0.4 is 10.9 Å². The van der Waals surface area contributed by atoms with Gasteiger partial charge in [0.1, 0.15) is 6.61 Å². The lowest BCUT2D eigenvalue weighted by Crippen LogP contribution is -2.44. The van der Waals surface area contributed by atoms with E-state index < -0.39 is 0 Å². The highest BCUT2D eigenvalue weighted by atomic mass is 16.6. The third-order valence-electron chi connectivity index (χ3n) is 2.99. The summed E-state index contributed by atoms with van der Waals surface area (Å²) in [7, 11) is 1.80. The van der Waals surface area contributed by atoms with Crippen LogP contribution in [0.25, 0.3) is 0 Å². The van der Waals surface area contributed by atoms with Gasteiger partial charge < -0.3 is 4.74 Å². The number of nitrogens with one attached hydrogen (secondary N) is 2. The van der Waals surface area contributed by atoms with E-state index in [2.05, 4.69) is 10.9 Å². The fraction of sp³-hybridized carbons (Fsp3) is 0.357. The molecule has 0 unspecified atom stereocenters. The van der Waals surface area contributed by atoms with Gasteiger partial charge in [-0.1, -0.05) is 42.5 Å². The molecule has 19 heavy (non-hydrogen) atoms. The predicted octanol–water partition coefficient (Wildman–Crippen LogP) is 1.29. The van der Waals surface area contributed by atoms with Crippen LogP contribution in [0, 0.1) is 0 Å². The highest BCUT2D eigenvalue weighted by molar-refractivity contribution is 5.69. The van der Waals surface area contributed by atoms with Gasteiger partial charge >= 0.3 is 6.09 Å². The average Bonchev–Trinajstić information content (AvgIpc) is 2.92. The molecule has 2 N–H and O–H groups in total. The molecular weight excluding hydrogens is 242 g/mol. The first-order valence-corrected chi connectivity index (χ1v) is 6.35. The van der Waals surface area contributed by atoms with Gasteiger partial charge in [0.15, 0.2) is 0 Å². The second-order valence-corrected chi connectivity index (χ2v) is 4.32. The van der Waals surface area contributed by atoms with E-state index in [1.165, 1.54) is 0 Å². The van der Waals surface area contributed by atoms with E-state index in [4.69, 9.17) is 4.74 Å². The van der Waals surface area contributed by atoms with Gasteiger partial charge in [-0.05, 0) is 12.6 Å². The summed E-state index contributed by atoms with van der Waals surface area (Å²) < 4.78 is 5.32. The first-order valence-electron chi connectivity index (χ1n) is 6.35. The van der Waals surface area contributed by atoms with E-state index in [1.807, 2.05) is 42.5 Å². The van der Waals surface area contributed by atoms with Crippen LogP contribution in [-0.2, 0) is 11.3 Å². The van der Waals surface area contributed by atoms with Crippen molar-refractivity contribution in [1.82, 2.24) is 15.8 Å². The molecule has 1 aromatic rings. The second-order valence-electron chi connectivity index (χ2n) is 4.32. The standard InChI is InChI=1S/C14H19N3O2/c1-15-16-10-13-8-5-9-17(13)14(18)19-11-12-6-3-2-4-7-12/h2-8,13,15-16H,9-11H2,1H3/t13-/m0/s1. The number of carbonyl (C=O) groups excluding carboxylic acids is 1. The number of amides is 1. The van der Waals surface area contributed by atoms with Gasteiger partial charge in [-0.25, -0.2) is 4.79 Å². The fourth-order valence-electron chi connectivity index (χ4n) is 1.97. The Bertz CT molecular complexity index is 434. The van der Waals surface area contributed by atoms with Gasteiger partial charge in [-0.2, -0.15) is 0 Å². The quantitative estimate of drug-likeness (QED) is 0.619. The zero-order valence-electron chi connectivity index (χ0n) is 11.0. The van der Waals surface area contributed by atoms with Crippen LogP contribution in [0.1, 0.15) is 5.56 Å². The Morgan fingerprint density at radius 3 is 2.95 bits per heavy atom. The number of hydrazine groups is 1. The lowest BCUT2D eigenvalue weighted by atomic mass is 10.2. The summed E-state index contributed by atoms with van der Waals surface area (Å²) in [6, 6.07) is 9.72. The molecule has 1 aromatic carbocycles. The summed E-state index contributed by atoms with van der Waals surface area (Å²) >= 11 is 0. The van der Waals surface area contributed by atoms with E-state index in [1.54, 1.807) is 11.9 Å². The van der Waals surface area contributed by atoms with E-state index in [0.29, 0.717) is 19.7 Å². The summed E-state index contributed by atoms with van der Waals surface area (Å²) in [6.07, 6.45) is 3.71. The van der Waals surface area contributed by atoms with Crippen LogP contribution >= 0.6 is 0 Å². The summed E-state index contributed by atoms with van der Waals surface area (Å²) in [5, 5.41) is 0. The first-order chi connectivity index (χ1) is 9.31. The Labute approximate surface area is 113 Å². The zero-order valence-corrected chi connectivity index (χ0v) is 11.0. The Balaban J connectivity index is 1.82. The van der Waals surface area contributed by atoms with Crippen molar-refractivity contribution in [2.75, 3.05) is 20.1 Å². The summed E-state index contributed by atoms with van der Waals surface area (Å²) in [5.41, 5.74) is 6.84. The third-order valence-corrected chi connectivity index (χ3v) is 2.99. The monoisotopic (exact) mass is 261 g/mol. The zero-order chi connectivity index (χ0) is 13.5. The van der Waals surface area contributed by atoms with Gasteiger partial charge in [-0.15, -0.1) is 0 Å². The van der Waals surface area contributed by atoms with Gasteiger partial charge in [-0.3, -0.25) is 15.8 Å². The molecule has 0 aliphatic carbocycles. The third kappa shape index (κ3) is 3.81. The Kier molecular flexibility index (Phi) is 4.94. The maximum Gasteiger partial charge on any atom is 0.410 e. The number of hydrogen-bond acceptors (Lipinski definition) is 4. The Morgan fingerprint density at radius 1 is 1.42 bits per heavy atom. The van der Waals surface area contributed by atoms with Gasteiger partial charge in [0.2, 0.25) is 0 Å². The van der Waals surface area contributed by atoms with Crippen LogP contribution in [0.5, 0.6) is 0 Å². The molecule has 0 fully saturated rings. The van der Waals surface area contributed by atoms with Crippen LogP contribution in [0.2, 0.25) is 0 Å². The summed E-state index contributed by atoms with van der Waals surface area (Å²) in [5.74, 6) is 0. The van der Waals surface area contributed by atoms with Gasteiger partial charge in [0.25, 0.3) is 0 Å². The lowest BCUT2D eigenvalue weighted by molar-refractivity contribution is 0.0944. The molecule has 0 radical (unpaired) electrons. The van der Waals surface area contributed by atoms with Crippen LogP contribution in [0.3, 0.4) is 0 Å². The van der Waals surface area contributed by atoms with Gasteiger partial charge in [0.05, 0.1) is 6.04 Å². The molecule has 0 aromatic heterocycles. The van der Waals surface area contributed by atoms with Crippen molar-refractivity contribution in [2.24, 2.45) is 0 Å². The summed E-state index contributed by atoms with van der Waals surface area (Å²) in [4.78, 5) is 13.7. The number of hydrogen-bond donors (Lipinski definition) is 2. The normalized spacial score (nSPS) is 17.7. The van der Waals surface area contributed by atoms with Crippen molar-refractivity contribution in [2.45, 2.75) is 12.6 Å². The molecule has 1 aliphatic heterocycles. The first kappa shape index (κ1) is 13.6. The number of benzene rings is 1. The second kappa shape index (κ2) is 6.92. The smallest absolute Gasteiger partial charge is 0.410 e. The van der Waals surface area contributed by atoms with E-state index in [9.17, 15) is 4.79 Å². The topological polar surface area (TPSA) is 53.6 Å². The molecule has 1 aliphatic rings. The van der Waals surface area contributed by atoms with E-state index >= 15 is 0 Å². The lowest BCUT2D eigenvalue weighted by Gasteiger charge is -2.24. The van der Waals surface area contributed by atoms with E-state index in [0.717, 1.165) is 5.56 Å². The molecular formula is C14H19N3O2. The molecule has 1 atom stereocenters. The molecule has 102 valence electrons. The average molecular weight is 261 g/mol. The molecule has 0 saturated carbocycles. The molecule has 5 heteroatoms. The molecule has 5 nitrogen and oxygen atoms in total. The summed E-state index contributed by atoms with van der Waals surface area (Å²) in [6.45, 7) is 1.57. The Hall–Kier alpha value is -1.85. The minimum absolute atomic E-state index is 0.0377. The van der Waals surface area contributed by atoms with Crippen molar-refractivity contribution in [1.29, 1.82) is 0 Å². The Morgan fingerprint density at radius 2 is 2.21 bits per heavy atom. The molecule has 0 saturated heterocycles. The van der Waals surface area contributed by atoms with Crippen LogP contribution in [-0.4, -0.2) is 37.2 Å². The number of ether oxygens (including phenoxy) is 1.